The van der Waals surface area contributed by atoms with E-state index in [2.05, 4.69) is 12.2 Å². The zero-order valence-corrected chi connectivity index (χ0v) is 12.3. The first-order chi connectivity index (χ1) is 8.56. The number of nitrogens with two attached hydrogens (primary N) is 1. The predicted molar refractivity (Wildman–Crippen MR) is 79.4 cm³/mol. The Bertz CT molecular complexity index is 388. The molecule has 0 unspecified atom stereocenters. The summed E-state index contributed by atoms with van der Waals surface area (Å²) in [7, 11) is 3.47. The normalized spacial score (nSPS) is 10.4. The number of hydrogen-bond donors (Lipinski definition) is 2. The van der Waals surface area contributed by atoms with Gasteiger partial charge in [0.25, 0.3) is 5.91 Å². The molecule has 1 amide bonds. The van der Waals surface area contributed by atoms with Crippen molar-refractivity contribution in [1.29, 1.82) is 0 Å². The molecule has 102 valence electrons. The molecule has 0 radical (unpaired) electrons. The summed E-state index contributed by atoms with van der Waals surface area (Å²) in [5.41, 5.74) is 6.42. The van der Waals surface area contributed by atoms with Crippen molar-refractivity contribution in [3.8, 4) is 0 Å². The van der Waals surface area contributed by atoms with Crippen molar-refractivity contribution in [2.75, 3.05) is 31.7 Å². The fourth-order valence-corrected chi connectivity index (χ4v) is 2.65. The van der Waals surface area contributed by atoms with Gasteiger partial charge in [-0.15, -0.1) is 11.3 Å². The van der Waals surface area contributed by atoms with E-state index in [9.17, 15) is 4.79 Å². The maximum Gasteiger partial charge on any atom is 0.265 e. The zero-order chi connectivity index (χ0) is 13.5. The number of nitrogen functional groups attached to an aromatic ring is 1. The summed E-state index contributed by atoms with van der Waals surface area (Å²) in [6.07, 6.45) is 4.92. The van der Waals surface area contributed by atoms with Gasteiger partial charge in [-0.3, -0.25) is 4.79 Å². The SMILES string of the molecule is CCCCCCNc1cc(N)c(C(=O)N(C)C)s1. The fourth-order valence-electron chi connectivity index (χ4n) is 1.63. The summed E-state index contributed by atoms with van der Waals surface area (Å²) in [4.78, 5) is 14.0. The monoisotopic (exact) mass is 269 g/mol. The second-order valence-corrected chi connectivity index (χ2v) is 5.63. The molecule has 1 aromatic heterocycles. The summed E-state index contributed by atoms with van der Waals surface area (Å²) in [6, 6.07) is 1.85. The number of thiophene rings is 1. The highest BCUT2D eigenvalue weighted by Crippen LogP contribution is 2.29. The molecule has 0 aromatic carbocycles. The van der Waals surface area contributed by atoms with Crippen molar-refractivity contribution in [3.63, 3.8) is 0 Å². The number of unbranched alkanes of at least 4 members (excludes halogenated alkanes) is 3. The molecule has 0 aliphatic carbocycles. The lowest BCUT2D eigenvalue weighted by Gasteiger charge is -2.08. The van der Waals surface area contributed by atoms with E-state index in [-0.39, 0.29) is 5.91 Å². The molecule has 0 spiro atoms. The van der Waals surface area contributed by atoms with E-state index in [0.717, 1.165) is 18.0 Å². The molecule has 0 bridgehead atoms. The first-order valence-electron chi connectivity index (χ1n) is 6.41. The lowest BCUT2D eigenvalue weighted by atomic mass is 10.2. The number of hydrogen-bond acceptors (Lipinski definition) is 4. The first-order valence-corrected chi connectivity index (χ1v) is 7.22. The van der Waals surface area contributed by atoms with Crippen LogP contribution in [0, 0.1) is 0 Å². The van der Waals surface area contributed by atoms with Gasteiger partial charge in [0.05, 0.1) is 10.7 Å². The Morgan fingerprint density at radius 2 is 2.11 bits per heavy atom. The van der Waals surface area contributed by atoms with Crippen molar-refractivity contribution in [2.45, 2.75) is 32.6 Å². The second-order valence-electron chi connectivity index (χ2n) is 4.58. The van der Waals surface area contributed by atoms with Crippen LogP contribution in [0.5, 0.6) is 0 Å². The van der Waals surface area contributed by atoms with Crippen molar-refractivity contribution < 1.29 is 4.79 Å². The minimum atomic E-state index is -0.0310. The lowest BCUT2D eigenvalue weighted by molar-refractivity contribution is 0.0833. The summed E-state index contributed by atoms with van der Waals surface area (Å²) < 4.78 is 0. The lowest BCUT2D eigenvalue weighted by Crippen LogP contribution is -2.21. The molecule has 18 heavy (non-hydrogen) atoms. The summed E-state index contributed by atoms with van der Waals surface area (Å²) in [5, 5.41) is 4.31. The van der Waals surface area contributed by atoms with E-state index < -0.39 is 0 Å². The van der Waals surface area contributed by atoms with Gasteiger partial charge in [0.1, 0.15) is 4.88 Å². The molecule has 1 aromatic rings. The molecule has 0 aliphatic rings. The van der Waals surface area contributed by atoms with Crippen molar-refractivity contribution >= 4 is 27.9 Å². The minimum absolute atomic E-state index is 0.0310. The van der Waals surface area contributed by atoms with Gasteiger partial charge >= 0.3 is 0 Å². The smallest absolute Gasteiger partial charge is 0.265 e. The van der Waals surface area contributed by atoms with E-state index in [1.54, 1.807) is 19.0 Å². The Labute approximate surface area is 113 Å². The van der Waals surface area contributed by atoms with Crippen LogP contribution in [0.2, 0.25) is 0 Å². The molecular formula is C13H23N3OS. The Kier molecular flexibility index (Phi) is 5.98. The Morgan fingerprint density at radius 3 is 2.72 bits per heavy atom. The van der Waals surface area contributed by atoms with Crippen molar-refractivity contribution in [1.82, 2.24) is 4.90 Å². The van der Waals surface area contributed by atoms with Crippen molar-refractivity contribution in [3.05, 3.63) is 10.9 Å². The molecule has 0 aliphatic heterocycles. The number of carbonyl (C=O) groups is 1. The highest BCUT2D eigenvalue weighted by Gasteiger charge is 2.15. The topological polar surface area (TPSA) is 58.4 Å². The summed E-state index contributed by atoms with van der Waals surface area (Å²) >= 11 is 1.43. The van der Waals surface area contributed by atoms with E-state index in [0.29, 0.717) is 10.6 Å². The van der Waals surface area contributed by atoms with E-state index in [4.69, 9.17) is 5.73 Å². The highest BCUT2D eigenvalue weighted by molar-refractivity contribution is 7.18. The number of amides is 1. The van der Waals surface area contributed by atoms with Crippen LogP contribution in [-0.4, -0.2) is 31.4 Å². The summed E-state index contributed by atoms with van der Waals surface area (Å²) in [6.45, 7) is 3.14. The van der Waals surface area contributed by atoms with Crippen LogP contribution in [0.3, 0.4) is 0 Å². The number of nitrogens with one attached hydrogen (secondary N) is 1. The molecule has 5 heteroatoms. The molecule has 0 fully saturated rings. The second kappa shape index (κ2) is 7.26. The van der Waals surface area contributed by atoms with E-state index in [1.807, 2.05) is 6.07 Å². The number of rotatable bonds is 7. The van der Waals surface area contributed by atoms with Gasteiger partial charge < -0.3 is 16.0 Å². The molecular weight excluding hydrogens is 246 g/mol. The van der Waals surface area contributed by atoms with Gasteiger partial charge in [-0.2, -0.15) is 0 Å². The van der Waals surface area contributed by atoms with Gasteiger partial charge in [-0.25, -0.2) is 0 Å². The molecule has 1 heterocycles. The van der Waals surface area contributed by atoms with Crippen LogP contribution < -0.4 is 11.1 Å². The Balaban J connectivity index is 2.49. The van der Waals surface area contributed by atoms with Crippen LogP contribution in [0.1, 0.15) is 42.3 Å². The Hall–Kier alpha value is -1.23. The maximum absolute atomic E-state index is 11.8. The highest BCUT2D eigenvalue weighted by atomic mass is 32.1. The molecule has 0 saturated carbocycles. The van der Waals surface area contributed by atoms with Gasteiger partial charge in [0.15, 0.2) is 0 Å². The van der Waals surface area contributed by atoms with Crippen molar-refractivity contribution in [2.24, 2.45) is 0 Å². The molecule has 0 atom stereocenters. The van der Waals surface area contributed by atoms with Gasteiger partial charge in [-0.1, -0.05) is 26.2 Å². The predicted octanol–water partition coefficient (Wildman–Crippen LogP) is 3.02. The van der Waals surface area contributed by atoms with Gasteiger partial charge in [-0.05, 0) is 12.5 Å². The van der Waals surface area contributed by atoms with E-state index in [1.165, 1.54) is 30.6 Å². The third kappa shape index (κ3) is 4.22. The molecule has 4 nitrogen and oxygen atoms in total. The minimum Gasteiger partial charge on any atom is -0.397 e. The number of anilines is 2. The largest absolute Gasteiger partial charge is 0.397 e. The Morgan fingerprint density at radius 1 is 1.39 bits per heavy atom. The quantitative estimate of drug-likeness (QED) is 0.748. The van der Waals surface area contributed by atoms with Crippen LogP contribution in [0.4, 0.5) is 10.7 Å². The van der Waals surface area contributed by atoms with Crippen LogP contribution in [0.15, 0.2) is 6.07 Å². The maximum atomic E-state index is 11.8. The van der Waals surface area contributed by atoms with E-state index >= 15 is 0 Å². The average molecular weight is 269 g/mol. The first kappa shape index (κ1) is 14.8. The van der Waals surface area contributed by atoms with Crippen LogP contribution in [-0.2, 0) is 0 Å². The summed E-state index contributed by atoms with van der Waals surface area (Å²) in [5.74, 6) is -0.0310. The molecule has 1 rings (SSSR count). The zero-order valence-electron chi connectivity index (χ0n) is 11.5. The fraction of sp³-hybridized carbons (Fsp3) is 0.615. The molecule has 3 N–H and O–H groups in total. The van der Waals surface area contributed by atoms with Crippen LogP contribution >= 0.6 is 11.3 Å². The van der Waals surface area contributed by atoms with Gasteiger partial charge in [0.2, 0.25) is 0 Å². The van der Waals surface area contributed by atoms with Crippen LogP contribution in [0.25, 0.3) is 0 Å². The van der Waals surface area contributed by atoms with Gasteiger partial charge in [0, 0.05) is 20.6 Å². The number of carbonyl (C=O) groups excluding carboxylic acids is 1. The third-order valence-corrected chi connectivity index (χ3v) is 3.79. The third-order valence-electron chi connectivity index (χ3n) is 2.69. The average Bonchev–Trinajstić information content (AvgIpc) is 2.69. The standard InChI is InChI=1S/C13H23N3OS/c1-4-5-6-7-8-15-11-9-10(14)12(18-11)13(17)16(2)3/h9,15H,4-8,14H2,1-3H3. The number of nitrogens with zero attached hydrogens (tertiary/aromatic N) is 1. The molecule has 0 saturated heterocycles.